The van der Waals surface area contributed by atoms with Crippen LogP contribution in [0.5, 0.6) is 0 Å². The third kappa shape index (κ3) is 4.37. The number of piperidine rings is 1. The van der Waals surface area contributed by atoms with Crippen molar-refractivity contribution in [1.29, 1.82) is 0 Å². The third-order valence-corrected chi connectivity index (χ3v) is 5.71. The van der Waals surface area contributed by atoms with E-state index in [4.69, 9.17) is 4.99 Å². The Balaban J connectivity index is 1.49. The number of rotatable bonds is 4. The topological polar surface area (TPSA) is 51.1 Å². The van der Waals surface area contributed by atoms with Gasteiger partial charge in [0, 0.05) is 31.9 Å². The second-order valence-corrected chi connectivity index (χ2v) is 7.70. The zero-order valence-corrected chi connectivity index (χ0v) is 16.9. The molecule has 4 rings (SSSR count). The van der Waals surface area contributed by atoms with Crippen molar-refractivity contribution in [2.75, 3.05) is 36.0 Å². The summed E-state index contributed by atoms with van der Waals surface area (Å²) < 4.78 is 14.7. The lowest BCUT2D eigenvalue weighted by atomic mass is 10.1. The summed E-state index contributed by atoms with van der Waals surface area (Å²) >= 11 is 0. The summed E-state index contributed by atoms with van der Waals surface area (Å²) in [7, 11) is 0. The highest BCUT2D eigenvalue weighted by molar-refractivity contribution is 5.97. The van der Waals surface area contributed by atoms with Crippen molar-refractivity contribution in [3.05, 3.63) is 59.4 Å². The van der Waals surface area contributed by atoms with Gasteiger partial charge in [0.1, 0.15) is 5.82 Å². The second kappa shape index (κ2) is 8.82. The van der Waals surface area contributed by atoms with Crippen molar-refractivity contribution >= 4 is 17.3 Å². The molecule has 2 aliphatic heterocycles. The van der Waals surface area contributed by atoms with E-state index in [1.165, 1.54) is 11.3 Å². The van der Waals surface area contributed by atoms with Crippen LogP contribution in [0.4, 0.5) is 15.8 Å². The lowest BCUT2D eigenvalue weighted by Crippen LogP contribution is -2.40. The first-order valence-electron chi connectivity index (χ1n) is 10.5. The van der Waals surface area contributed by atoms with Gasteiger partial charge in [0.25, 0.3) is 0 Å². The number of anilines is 2. The van der Waals surface area contributed by atoms with Crippen LogP contribution in [-0.2, 0) is 13.0 Å². The molecule has 2 N–H and O–H groups in total. The summed E-state index contributed by atoms with van der Waals surface area (Å²) in [6.07, 6.45) is 2.13. The molecule has 2 aromatic rings. The van der Waals surface area contributed by atoms with E-state index in [0.29, 0.717) is 38.2 Å². The summed E-state index contributed by atoms with van der Waals surface area (Å²) in [5, 5.41) is 13.0. The van der Waals surface area contributed by atoms with Crippen LogP contribution in [0.15, 0.2) is 47.5 Å². The van der Waals surface area contributed by atoms with Gasteiger partial charge in [-0.1, -0.05) is 24.3 Å². The molecule has 1 fully saturated rings. The molecule has 5 nitrogen and oxygen atoms in total. The molecule has 6 heteroatoms. The van der Waals surface area contributed by atoms with Crippen molar-refractivity contribution < 1.29 is 9.50 Å². The average Bonchev–Trinajstić information content (AvgIpc) is 3.16. The quantitative estimate of drug-likeness (QED) is 0.615. The molecule has 0 aromatic heterocycles. The number of para-hydroxylation sites is 1. The number of aliphatic hydroxyl groups is 1. The summed E-state index contributed by atoms with van der Waals surface area (Å²) in [6.45, 7) is 5.55. The normalized spacial score (nSPS) is 17.6. The highest BCUT2D eigenvalue weighted by Gasteiger charge is 2.23. The van der Waals surface area contributed by atoms with Crippen LogP contribution in [0.1, 0.15) is 30.9 Å². The smallest absolute Gasteiger partial charge is 0.198 e. The number of nitrogens with one attached hydrogen (secondary N) is 1. The maximum Gasteiger partial charge on any atom is 0.198 e. The molecule has 154 valence electrons. The molecule has 0 saturated carbocycles. The molecular weight excluding hydrogens is 367 g/mol. The Bertz CT molecular complexity index is 877. The minimum atomic E-state index is -0.261. The van der Waals surface area contributed by atoms with Gasteiger partial charge in [0.05, 0.1) is 18.3 Å². The van der Waals surface area contributed by atoms with E-state index in [0.717, 1.165) is 31.0 Å². The molecule has 0 aliphatic carbocycles. The van der Waals surface area contributed by atoms with Crippen LogP contribution in [-0.4, -0.2) is 43.3 Å². The lowest BCUT2D eigenvalue weighted by Gasteiger charge is -2.31. The number of aliphatic hydroxyl groups excluding tert-OH is 1. The van der Waals surface area contributed by atoms with E-state index in [-0.39, 0.29) is 11.9 Å². The van der Waals surface area contributed by atoms with Gasteiger partial charge in [-0.3, -0.25) is 0 Å². The Hall–Kier alpha value is -2.60. The van der Waals surface area contributed by atoms with Crippen LogP contribution in [0.3, 0.4) is 0 Å². The van der Waals surface area contributed by atoms with Gasteiger partial charge in [-0.25, -0.2) is 9.38 Å². The molecule has 2 aliphatic rings. The molecule has 29 heavy (non-hydrogen) atoms. The van der Waals surface area contributed by atoms with Gasteiger partial charge in [-0.2, -0.15) is 0 Å². The van der Waals surface area contributed by atoms with Gasteiger partial charge in [0.15, 0.2) is 5.96 Å². The van der Waals surface area contributed by atoms with Crippen LogP contribution < -0.4 is 15.1 Å². The van der Waals surface area contributed by atoms with E-state index in [1.54, 1.807) is 6.07 Å². The molecular formula is C23H29FN4O. The summed E-state index contributed by atoms with van der Waals surface area (Å²) in [5.74, 6) is 0.623. The number of fused-ring (bicyclic) bond motifs is 1. The Morgan fingerprint density at radius 3 is 2.69 bits per heavy atom. The Morgan fingerprint density at radius 1 is 1.14 bits per heavy atom. The van der Waals surface area contributed by atoms with Gasteiger partial charge < -0.3 is 20.2 Å². The standard InChI is InChI=1S/C23H29FN4O/c1-2-25-23(28-14-9-18-5-3-4-6-21(18)28)26-16-17-7-8-22(20(24)15-17)27-12-10-19(29)11-13-27/h3-8,15,19,29H,2,9-14,16H2,1H3,(H,25,26). The lowest BCUT2D eigenvalue weighted by molar-refractivity contribution is 0.145. The van der Waals surface area contributed by atoms with E-state index in [2.05, 4.69) is 41.4 Å². The molecule has 0 radical (unpaired) electrons. The maximum atomic E-state index is 14.7. The first-order chi connectivity index (χ1) is 14.2. The molecule has 0 amide bonds. The van der Waals surface area contributed by atoms with Crippen molar-refractivity contribution in [3.8, 4) is 0 Å². The number of guanidine groups is 1. The van der Waals surface area contributed by atoms with E-state index < -0.39 is 0 Å². The van der Waals surface area contributed by atoms with Crippen molar-refractivity contribution in [2.45, 2.75) is 38.8 Å². The number of halogens is 1. The predicted molar refractivity (Wildman–Crippen MR) is 116 cm³/mol. The monoisotopic (exact) mass is 396 g/mol. The number of benzene rings is 2. The fourth-order valence-electron chi connectivity index (χ4n) is 4.13. The Labute approximate surface area is 171 Å². The zero-order chi connectivity index (χ0) is 20.2. The molecule has 2 heterocycles. The SMILES string of the molecule is CCNC(=NCc1ccc(N2CCC(O)CC2)c(F)c1)N1CCc2ccccc21. The first-order valence-corrected chi connectivity index (χ1v) is 10.5. The largest absolute Gasteiger partial charge is 0.393 e. The van der Waals surface area contributed by atoms with Crippen molar-refractivity contribution in [1.82, 2.24) is 5.32 Å². The Morgan fingerprint density at radius 2 is 1.93 bits per heavy atom. The first kappa shape index (κ1) is 19.7. The van der Waals surface area contributed by atoms with Crippen molar-refractivity contribution in [2.24, 2.45) is 4.99 Å². The minimum absolute atomic E-state index is 0.217. The molecule has 0 spiro atoms. The highest BCUT2D eigenvalue weighted by atomic mass is 19.1. The summed E-state index contributed by atoms with van der Waals surface area (Å²) in [6, 6.07) is 13.8. The van der Waals surface area contributed by atoms with E-state index in [1.807, 2.05) is 17.0 Å². The minimum Gasteiger partial charge on any atom is -0.393 e. The highest BCUT2D eigenvalue weighted by Crippen LogP contribution is 2.28. The number of nitrogens with zero attached hydrogens (tertiary/aromatic N) is 3. The van der Waals surface area contributed by atoms with Gasteiger partial charge >= 0.3 is 0 Å². The number of aliphatic imine (C=N–C) groups is 1. The van der Waals surface area contributed by atoms with Crippen LogP contribution in [0, 0.1) is 5.82 Å². The van der Waals surface area contributed by atoms with E-state index in [9.17, 15) is 9.50 Å². The van der Waals surface area contributed by atoms with Crippen molar-refractivity contribution in [3.63, 3.8) is 0 Å². The molecule has 2 aromatic carbocycles. The zero-order valence-electron chi connectivity index (χ0n) is 16.9. The average molecular weight is 397 g/mol. The van der Waals surface area contributed by atoms with Crippen LogP contribution in [0.2, 0.25) is 0 Å². The van der Waals surface area contributed by atoms with Gasteiger partial charge in [-0.05, 0) is 55.5 Å². The molecule has 1 saturated heterocycles. The van der Waals surface area contributed by atoms with E-state index >= 15 is 0 Å². The molecule has 0 atom stereocenters. The van der Waals surface area contributed by atoms with Crippen LogP contribution >= 0.6 is 0 Å². The number of hydrogen-bond donors (Lipinski definition) is 2. The number of hydrogen-bond acceptors (Lipinski definition) is 3. The fourth-order valence-corrected chi connectivity index (χ4v) is 4.13. The molecule has 0 unspecified atom stereocenters. The molecule has 0 bridgehead atoms. The summed E-state index contributed by atoms with van der Waals surface area (Å²) in [5.41, 5.74) is 4.00. The maximum absolute atomic E-state index is 14.7. The third-order valence-electron chi connectivity index (χ3n) is 5.71. The summed E-state index contributed by atoms with van der Waals surface area (Å²) in [4.78, 5) is 9.00. The Kier molecular flexibility index (Phi) is 6.00. The fraction of sp³-hybridized carbons (Fsp3) is 0.435. The second-order valence-electron chi connectivity index (χ2n) is 7.70. The van der Waals surface area contributed by atoms with Gasteiger partial charge in [0.2, 0.25) is 0 Å². The van der Waals surface area contributed by atoms with Crippen LogP contribution in [0.25, 0.3) is 0 Å². The predicted octanol–water partition coefficient (Wildman–Crippen LogP) is 3.32. The van der Waals surface area contributed by atoms with Gasteiger partial charge in [-0.15, -0.1) is 0 Å².